The zero-order chi connectivity index (χ0) is 18.2. The zero-order valence-corrected chi connectivity index (χ0v) is 17.6. The minimum Gasteiger partial charge on any atom is -0.379 e. The van der Waals surface area contributed by atoms with Crippen molar-refractivity contribution < 1.29 is 9.47 Å². The van der Waals surface area contributed by atoms with Gasteiger partial charge in [-0.1, -0.05) is 41.5 Å². The highest BCUT2D eigenvalue weighted by Crippen LogP contribution is 2.30. The first-order valence-corrected chi connectivity index (χ1v) is 8.83. The van der Waals surface area contributed by atoms with Crippen LogP contribution in [0.5, 0.6) is 0 Å². The van der Waals surface area contributed by atoms with E-state index < -0.39 is 0 Å². The molecule has 0 aliphatic carbocycles. The second-order valence-corrected chi connectivity index (χ2v) is 9.89. The van der Waals surface area contributed by atoms with E-state index in [0.717, 1.165) is 19.4 Å². The summed E-state index contributed by atoms with van der Waals surface area (Å²) in [7, 11) is 0. The van der Waals surface area contributed by atoms with E-state index in [2.05, 4.69) is 83.1 Å². The maximum atomic E-state index is 5.81. The summed E-state index contributed by atoms with van der Waals surface area (Å²) >= 11 is 0. The van der Waals surface area contributed by atoms with Gasteiger partial charge in [0, 0.05) is 6.61 Å². The van der Waals surface area contributed by atoms with Crippen LogP contribution in [0.1, 0.15) is 95.9 Å². The molecule has 0 atom stereocenters. The highest BCUT2D eigenvalue weighted by Gasteiger charge is 2.26. The molecular formula is C20H44O2. The van der Waals surface area contributed by atoms with Gasteiger partial charge in [-0.05, 0) is 65.2 Å². The Morgan fingerprint density at radius 2 is 1.14 bits per heavy atom. The highest BCUT2D eigenvalue weighted by atomic mass is 16.5. The second kappa shape index (κ2) is 9.93. The van der Waals surface area contributed by atoms with Crippen LogP contribution in [0.15, 0.2) is 0 Å². The Morgan fingerprint density at radius 3 is 1.41 bits per heavy atom. The Hall–Kier alpha value is -0.0800. The molecular weight excluding hydrogens is 272 g/mol. The lowest BCUT2D eigenvalue weighted by Crippen LogP contribution is -2.32. The average molecular weight is 317 g/mol. The summed E-state index contributed by atoms with van der Waals surface area (Å²) < 4.78 is 11.2. The molecule has 0 spiro atoms. The SMILES string of the molecule is CC(C)OC(C)(C)CC(C)(C)C.CC(C)OCCC(C)(C)C. The first-order valence-electron chi connectivity index (χ1n) is 8.83. The smallest absolute Gasteiger partial charge is 0.0635 e. The van der Waals surface area contributed by atoms with E-state index in [-0.39, 0.29) is 5.60 Å². The molecule has 0 aliphatic rings. The summed E-state index contributed by atoms with van der Waals surface area (Å²) in [5.41, 5.74) is 0.764. The van der Waals surface area contributed by atoms with Crippen LogP contribution in [0.3, 0.4) is 0 Å². The fourth-order valence-electron chi connectivity index (χ4n) is 2.56. The standard InChI is InChI=1S/C11H24O.C9H20O/c1-9(2)12-11(6,7)8-10(3,4)5;1-8(2)10-7-6-9(3,4)5/h9H,8H2,1-7H3;8H,6-7H2,1-5H3. The van der Waals surface area contributed by atoms with E-state index in [9.17, 15) is 0 Å². The predicted molar refractivity (Wildman–Crippen MR) is 99.5 cm³/mol. The van der Waals surface area contributed by atoms with Crippen LogP contribution < -0.4 is 0 Å². The quantitative estimate of drug-likeness (QED) is 0.558. The van der Waals surface area contributed by atoms with Crippen molar-refractivity contribution in [3.05, 3.63) is 0 Å². The van der Waals surface area contributed by atoms with Gasteiger partial charge in [0.2, 0.25) is 0 Å². The molecule has 0 amide bonds. The van der Waals surface area contributed by atoms with Crippen LogP contribution in [0.2, 0.25) is 0 Å². The molecule has 0 aromatic carbocycles. The summed E-state index contributed by atoms with van der Waals surface area (Å²) in [6.07, 6.45) is 2.94. The topological polar surface area (TPSA) is 18.5 Å². The first-order chi connectivity index (χ1) is 9.54. The third-order valence-electron chi connectivity index (χ3n) is 2.81. The third-order valence-corrected chi connectivity index (χ3v) is 2.81. The molecule has 22 heavy (non-hydrogen) atoms. The minimum absolute atomic E-state index is 0.00637. The molecule has 0 heterocycles. The maximum Gasteiger partial charge on any atom is 0.0635 e. The van der Waals surface area contributed by atoms with Gasteiger partial charge >= 0.3 is 0 Å². The second-order valence-electron chi connectivity index (χ2n) is 9.89. The molecule has 0 saturated carbocycles. The highest BCUT2D eigenvalue weighted by molar-refractivity contribution is 4.77. The van der Waals surface area contributed by atoms with Crippen molar-refractivity contribution in [3.8, 4) is 0 Å². The van der Waals surface area contributed by atoms with Gasteiger partial charge in [-0.2, -0.15) is 0 Å². The molecule has 0 bridgehead atoms. The summed E-state index contributed by atoms with van der Waals surface area (Å²) in [6.45, 7) is 27.0. The summed E-state index contributed by atoms with van der Waals surface area (Å²) in [4.78, 5) is 0. The number of rotatable bonds is 6. The Balaban J connectivity index is 0. The Kier molecular flexibility index (Phi) is 10.9. The van der Waals surface area contributed by atoms with Crippen molar-refractivity contribution in [3.63, 3.8) is 0 Å². The first kappa shape index (κ1) is 24.2. The largest absolute Gasteiger partial charge is 0.379 e. The lowest BCUT2D eigenvalue weighted by atomic mass is 9.83. The molecule has 0 unspecified atom stereocenters. The molecule has 0 N–H and O–H groups in total. The van der Waals surface area contributed by atoms with E-state index in [0.29, 0.717) is 23.0 Å². The van der Waals surface area contributed by atoms with E-state index in [1.54, 1.807) is 0 Å². The molecule has 0 fully saturated rings. The maximum absolute atomic E-state index is 5.81. The lowest BCUT2D eigenvalue weighted by molar-refractivity contribution is -0.0762. The van der Waals surface area contributed by atoms with Crippen LogP contribution in [0, 0.1) is 10.8 Å². The average Bonchev–Trinajstić information content (AvgIpc) is 2.07. The summed E-state index contributed by atoms with van der Waals surface area (Å²) in [6, 6.07) is 0. The van der Waals surface area contributed by atoms with Gasteiger partial charge in [-0.15, -0.1) is 0 Å². The van der Waals surface area contributed by atoms with Gasteiger partial charge in [-0.3, -0.25) is 0 Å². The van der Waals surface area contributed by atoms with E-state index in [4.69, 9.17) is 9.47 Å². The molecule has 0 aromatic heterocycles. The molecule has 0 saturated heterocycles. The van der Waals surface area contributed by atoms with Gasteiger partial charge in [0.15, 0.2) is 0 Å². The molecule has 136 valence electrons. The number of hydrogen-bond donors (Lipinski definition) is 0. The van der Waals surface area contributed by atoms with Crippen molar-refractivity contribution in [1.82, 2.24) is 0 Å². The fourth-order valence-corrected chi connectivity index (χ4v) is 2.56. The fraction of sp³-hybridized carbons (Fsp3) is 1.00. The van der Waals surface area contributed by atoms with Gasteiger partial charge in [0.1, 0.15) is 0 Å². The molecule has 0 rings (SSSR count). The Bertz CT molecular complexity index is 264. The van der Waals surface area contributed by atoms with E-state index in [1.807, 2.05) is 0 Å². The van der Waals surface area contributed by atoms with E-state index in [1.165, 1.54) is 0 Å². The van der Waals surface area contributed by atoms with Crippen molar-refractivity contribution in [2.75, 3.05) is 6.61 Å². The van der Waals surface area contributed by atoms with Crippen LogP contribution in [0.4, 0.5) is 0 Å². The van der Waals surface area contributed by atoms with Crippen molar-refractivity contribution >= 4 is 0 Å². The van der Waals surface area contributed by atoms with Gasteiger partial charge in [0.05, 0.1) is 17.8 Å². The molecule has 0 radical (unpaired) electrons. The van der Waals surface area contributed by atoms with Crippen LogP contribution in [-0.4, -0.2) is 24.4 Å². The Morgan fingerprint density at radius 1 is 0.682 bits per heavy atom. The third kappa shape index (κ3) is 22.2. The van der Waals surface area contributed by atoms with E-state index >= 15 is 0 Å². The normalized spacial score (nSPS) is 13.4. The van der Waals surface area contributed by atoms with Crippen LogP contribution >= 0.6 is 0 Å². The molecule has 0 aromatic rings. The van der Waals surface area contributed by atoms with Crippen molar-refractivity contribution in [2.45, 2.75) is 114 Å². The molecule has 0 aliphatic heterocycles. The van der Waals surface area contributed by atoms with Gasteiger partial charge < -0.3 is 9.47 Å². The van der Waals surface area contributed by atoms with Crippen molar-refractivity contribution in [2.24, 2.45) is 10.8 Å². The van der Waals surface area contributed by atoms with Crippen LogP contribution in [0.25, 0.3) is 0 Å². The number of hydrogen-bond acceptors (Lipinski definition) is 2. The van der Waals surface area contributed by atoms with Gasteiger partial charge in [0.25, 0.3) is 0 Å². The minimum atomic E-state index is 0.00637. The van der Waals surface area contributed by atoms with Gasteiger partial charge in [-0.25, -0.2) is 0 Å². The van der Waals surface area contributed by atoms with Crippen molar-refractivity contribution in [1.29, 1.82) is 0 Å². The van der Waals surface area contributed by atoms with Crippen LogP contribution in [-0.2, 0) is 9.47 Å². The zero-order valence-electron chi connectivity index (χ0n) is 17.6. The molecule has 2 nitrogen and oxygen atoms in total. The predicted octanol–water partition coefficient (Wildman–Crippen LogP) is 6.47. The number of ether oxygens (including phenoxy) is 2. The lowest BCUT2D eigenvalue weighted by Gasteiger charge is -2.34. The molecule has 2 heteroatoms. The summed E-state index contributed by atoms with van der Waals surface area (Å²) in [5, 5.41) is 0. The Labute approximate surface area is 141 Å². The summed E-state index contributed by atoms with van der Waals surface area (Å²) in [5.74, 6) is 0. The monoisotopic (exact) mass is 316 g/mol.